The van der Waals surface area contributed by atoms with Crippen molar-refractivity contribution in [1.29, 1.82) is 5.41 Å². The number of para-hydroxylation sites is 1. The molecule has 1 aliphatic heterocycles. The zero-order valence-corrected chi connectivity index (χ0v) is 20.0. The summed E-state index contributed by atoms with van der Waals surface area (Å²) in [5.74, 6) is 0.682. The molecule has 0 fully saturated rings. The van der Waals surface area contributed by atoms with Crippen LogP contribution in [-0.4, -0.2) is 20.0 Å². The fourth-order valence-electron chi connectivity index (χ4n) is 4.90. The lowest BCUT2D eigenvalue weighted by atomic mass is 9.91. The Hall–Kier alpha value is -5.10. The van der Waals surface area contributed by atoms with Gasteiger partial charge in [0.1, 0.15) is 17.0 Å². The van der Waals surface area contributed by atoms with Crippen LogP contribution in [0.5, 0.6) is 0 Å². The molecule has 37 heavy (non-hydrogen) atoms. The van der Waals surface area contributed by atoms with Crippen molar-refractivity contribution in [3.8, 4) is 39.4 Å². The Morgan fingerprint density at radius 2 is 1.70 bits per heavy atom. The number of aromatic nitrogens is 4. The van der Waals surface area contributed by atoms with Gasteiger partial charge in [0.2, 0.25) is 0 Å². The maximum Gasteiger partial charge on any atom is 0.137 e. The van der Waals surface area contributed by atoms with Gasteiger partial charge in [-0.25, -0.2) is 4.68 Å². The SMILES string of the molecule is Cc1ccccc1-c1c2ccc(=N)cc-2oc2cc(-c3cn(-c4cnc5ccccc5c4)nn3)ccc12. The number of hydrogen-bond donors (Lipinski definition) is 1. The average Bonchev–Trinajstić information content (AvgIpc) is 3.42. The molecule has 2 aliphatic rings. The molecule has 3 aromatic carbocycles. The Balaban J connectivity index is 1.38. The van der Waals surface area contributed by atoms with Crippen LogP contribution in [0.2, 0.25) is 0 Å². The van der Waals surface area contributed by atoms with Crippen molar-refractivity contribution in [3.05, 3.63) is 114 Å². The van der Waals surface area contributed by atoms with Crippen LogP contribution in [0, 0.1) is 12.3 Å². The minimum absolute atomic E-state index is 0.412. The third-order valence-electron chi connectivity index (χ3n) is 6.77. The number of aryl methyl sites for hydroxylation is 1. The molecule has 0 radical (unpaired) electrons. The van der Waals surface area contributed by atoms with E-state index in [9.17, 15) is 0 Å². The zero-order valence-electron chi connectivity index (χ0n) is 20.0. The summed E-state index contributed by atoms with van der Waals surface area (Å²) in [7, 11) is 0. The normalized spacial score (nSPS) is 11.5. The lowest BCUT2D eigenvalue weighted by molar-refractivity contribution is 0.619. The molecule has 5 aromatic rings. The van der Waals surface area contributed by atoms with Crippen LogP contribution in [-0.2, 0) is 0 Å². The van der Waals surface area contributed by atoms with Crippen molar-refractivity contribution in [1.82, 2.24) is 20.0 Å². The summed E-state index contributed by atoms with van der Waals surface area (Å²) in [5.41, 5.74) is 8.57. The molecule has 176 valence electrons. The van der Waals surface area contributed by atoms with Crippen LogP contribution in [0.1, 0.15) is 5.56 Å². The van der Waals surface area contributed by atoms with E-state index < -0.39 is 0 Å². The van der Waals surface area contributed by atoms with Gasteiger partial charge < -0.3 is 9.83 Å². The topological polar surface area (TPSA) is 80.6 Å². The van der Waals surface area contributed by atoms with Crippen LogP contribution < -0.4 is 5.36 Å². The first-order valence-electron chi connectivity index (χ1n) is 12.0. The van der Waals surface area contributed by atoms with Gasteiger partial charge in [0.25, 0.3) is 0 Å². The summed E-state index contributed by atoms with van der Waals surface area (Å²) in [6, 6.07) is 30.1. The van der Waals surface area contributed by atoms with Crippen LogP contribution in [0.25, 0.3) is 61.3 Å². The predicted octanol–water partition coefficient (Wildman–Crippen LogP) is 6.79. The Kier molecular flexibility index (Phi) is 4.72. The van der Waals surface area contributed by atoms with E-state index in [2.05, 4.69) is 58.6 Å². The van der Waals surface area contributed by atoms with Gasteiger partial charge in [0.15, 0.2) is 0 Å². The molecule has 0 saturated carbocycles. The smallest absolute Gasteiger partial charge is 0.137 e. The number of benzene rings is 4. The highest BCUT2D eigenvalue weighted by molar-refractivity contribution is 6.03. The summed E-state index contributed by atoms with van der Waals surface area (Å²) in [6.07, 6.45) is 3.70. The molecule has 2 aromatic heterocycles. The van der Waals surface area contributed by atoms with E-state index in [1.165, 1.54) is 5.56 Å². The molecular formula is C31H21N5O. The first kappa shape index (κ1) is 21.2. The molecule has 6 heteroatoms. The second kappa shape index (κ2) is 8.24. The predicted molar refractivity (Wildman–Crippen MR) is 145 cm³/mol. The average molecular weight is 480 g/mol. The van der Waals surface area contributed by atoms with Crippen molar-refractivity contribution >= 4 is 21.9 Å². The monoisotopic (exact) mass is 479 g/mol. The number of nitrogens with zero attached hydrogens (tertiary/aromatic N) is 4. The fraction of sp³-hybridized carbons (Fsp3) is 0.0323. The van der Waals surface area contributed by atoms with Crippen molar-refractivity contribution in [3.63, 3.8) is 0 Å². The Morgan fingerprint density at radius 3 is 2.62 bits per heavy atom. The molecule has 0 saturated heterocycles. The summed E-state index contributed by atoms with van der Waals surface area (Å²) in [4.78, 5) is 4.54. The quantitative estimate of drug-likeness (QED) is 0.283. The Labute approximate surface area is 212 Å². The number of rotatable bonds is 3. The first-order chi connectivity index (χ1) is 18.1. The van der Waals surface area contributed by atoms with E-state index in [1.54, 1.807) is 23.0 Å². The van der Waals surface area contributed by atoms with Gasteiger partial charge in [-0.1, -0.05) is 53.7 Å². The lowest BCUT2D eigenvalue weighted by Gasteiger charge is -2.17. The van der Waals surface area contributed by atoms with Crippen LogP contribution in [0.15, 0.2) is 108 Å². The summed E-state index contributed by atoms with van der Waals surface area (Å²) < 4.78 is 8.08. The van der Waals surface area contributed by atoms with Crippen LogP contribution in [0.4, 0.5) is 0 Å². The van der Waals surface area contributed by atoms with Gasteiger partial charge in [0, 0.05) is 33.5 Å². The fourth-order valence-corrected chi connectivity index (χ4v) is 4.90. The summed E-state index contributed by atoms with van der Waals surface area (Å²) in [5, 5.41) is 19.4. The largest absolute Gasteiger partial charge is 0.456 e. The Bertz CT molecular complexity index is 1980. The van der Waals surface area contributed by atoms with Gasteiger partial charge in [-0.3, -0.25) is 4.98 Å². The molecule has 0 spiro atoms. The van der Waals surface area contributed by atoms with Crippen molar-refractivity contribution in [2.24, 2.45) is 0 Å². The summed E-state index contributed by atoms with van der Waals surface area (Å²) >= 11 is 0. The molecule has 1 aliphatic carbocycles. The molecule has 1 N–H and O–H groups in total. The minimum Gasteiger partial charge on any atom is -0.456 e. The highest BCUT2D eigenvalue weighted by Gasteiger charge is 2.19. The van der Waals surface area contributed by atoms with Crippen LogP contribution >= 0.6 is 0 Å². The van der Waals surface area contributed by atoms with Crippen molar-refractivity contribution in [2.75, 3.05) is 0 Å². The summed E-state index contributed by atoms with van der Waals surface area (Å²) in [6.45, 7) is 2.12. The van der Waals surface area contributed by atoms with E-state index in [1.807, 2.05) is 48.7 Å². The van der Waals surface area contributed by atoms with Gasteiger partial charge in [0.05, 0.1) is 29.0 Å². The molecular weight excluding hydrogens is 458 g/mol. The lowest BCUT2D eigenvalue weighted by Crippen LogP contribution is -2.00. The third kappa shape index (κ3) is 3.58. The zero-order chi connectivity index (χ0) is 24.9. The second-order valence-electron chi connectivity index (χ2n) is 9.15. The van der Waals surface area contributed by atoms with E-state index in [0.29, 0.717) is 11.1 Å². The second-order valence-corrected chi connectivity index (χ2v) is 9.15. The van der Waals surface area contributed by atoms with E-state index in [0.717, 1.165) is 55.5 Å². The van der Waals surface area contributed by atoms with E-state index in [4.69, 9.17) is 9.83 Å². The van der Waals surface area contributed by atoms with Crippen molar-refractivity contribution in [2.45, 2.75) is 6.92 Å². The maximum absolute atomic E-state index is 8.13. The molecule has 0 bridgehead atoms. The molecule has 0 amide bonds. The number of pyridine rings is 1. The number of fused-ring (bicyclic) bond motifs is 3. The van der Waals surface area contributed by atoms with E-state index in [-0.39, 0.29) is 0 Å². The standard InChI is InChI=1S/C31H21N5O/c1-19-6-2-4-8-24(19)31-25-12-10-21(15-29(25)37-30-16-22(32)11-13-26(30)31)28-18-36(35-34-28)23-14-20-7-3-5-9-27(20)33-17-23/h2-18,32H,1H3. The van der Waals surface area contributed by atoms with Crippen LogP contribution in [0.3, 0.4) is 0 Å². The molecule has 3 heterocycles. The molecule has 6 nitrogen and oxygen atoms in total. The van der Waals surface area contributed by atoms with Gasteiger partial charge in [-0.2, -0.15) is 0 Å². The first-order valence-corrected chi connectivity index (χ1v) is 12.0. The van der Waals surface area contributed by atoms with Gasteiger partial charge in [-0.15, -0.1) is 5.10 Å². The molecule has 7 rings (SSSR count). The van der Waals surface area contributed by atoms with E-state index >= 15 is 0 Å². The minimum atomic E-state index is 0.412. The number of hydrogen-bond acceptors (Lipinski definition) is 5. The van der Waals surface area contributed by atoms with Crippen molar-refractivity contribution < 1.29 is 4.42 Å². The van der Waals surface area contributed by atoms with Gasteiger partial charge in [-0.05, 0) is 54.4 Å². The Morgan fingerprint density at radius 1 is 0.838 bits per heavy atom. The molecule has 0 atom stereocenters. The maximum atomic E-state index is 8.13. The molecule has 0 unspecified atom stereocenters. The highest BCUT2D eigenvalue weighted by atomic mass is 16.3. The number of nitrogens with one attached hydrogen (secondary N) is 1. The third-order valence-corrected chi connectivity index (χ3v) is 6.77. The highest BCUT2D eigenvalue weighted by Crippen LogP contribution is 2.41. The van der Waals surface area contributed by atoms with Gasteiger partial charge >= 0.3 is 0 Å².